The summed E-state index contributed by atoms with van der Waals surface area (Å²) < 4.78 is 5.45. The third kappa shape index (κ3) is 1.60. The van der Waals surface area contributed by atoms with Crippen molar-refractivity contribution < 1.29 is 9.84 Å². The third-order valence-corrected chi connectivity index (χ3v) is 3.63. The van der Waals surface area contributed by atoms with E-state index < -0.39 is 5.60 Å². The van der Waals surface area contributed by atoms with Gasteiger partial charge in [-0.2, -0.15) is 11.8 Å². The molecule has 0 unspecified atom stereocenters. The minimum Gasteiger partial charge on any atom is -0.493 e. The molecule has 2 heterocycles. The van der Waals surface area contributed by atoms with Crippen molar-refractivity contribution in [2.24, 2.45) is 0 Å². The highest BCUT2D eigenvalue weighted by Gasteiger charge is 2.39. The summed E-state index contributed by atoms with van der Waals surface area (Å²) in [6.07, 6.45) is 3.38. The number of thioether (sulfide) groups is 1. The summed E-state index contributed by atoms with van der Waals surface area (Å²) in [6.45, 7) is 2.55. The molecule has 0 radical (unpaired) electrons. The topological polar surface area (TPSA) is 42.4 Å². The van der Waals surface area contributed by atoms with E-state index in [0.29, 0.717) is 6.61 Å². The van der Waals surface area contributed by atoms with Crippen molar-refractivity contribution in [1.82, 2.24) is 4.98 Å². The second-order valence-electron chi connectivity index (χ2n) is 3.33. The van der Waals surface area contributed by atoms with Crippen molar-refractivity contribution in [2.75, 3.05) is 18.1 Å². The van der Waals surface area contributed by atoms with Crippen LogP contribution >= 0.6 is 11.8 Å². The summed E-state index contributed by atoms with van der Waals surface area (Å²) >= 11 is 1.73. The van der Waals surface area contributed by atoms with Crippen molar-refractivity contribution in [3.63, 3.8) is 0 Å². The zero-order valence-corrected chi connectivity index (χ0v) is 8.88. The van der Waals surface area contributed by atoms with E-state index in [2.05, 4.69) is 4.98 Å². The predicted octanol–water partition coefficient (Wildman–Crippen LogP) is 1.41. The smallest absolute Gasteiger partial charge is 0.128 e. The molecule has 1 aromatic heterocycles. The van der Waals surface area contributed by atoms with Crippen LogP contribution in [0.15, 0.2) is 18.5 Å². The first-order valence-corrected chi connectivity index (χ1v) is 5.79. The van der Waals surface area contributed by atoms with Gasteiger partial charge in [0, 0.05) is 29.5 Å². The highest BCUT2D eigenvalue weighted by Crippen LogP contribution is 2.41. The third-order valence-electron chi connectivity index (χ3n) is 2.26. The molecule has 3 nitrogen and oxygen atoms in total. The van der Waals surface area contributed by atoms with Gasteiger partial charge in [0.15, 0.2) is 0 Å². The van der Waals surface area contributed by atoms with E-state index >= 15 is 0 Å². The molecule has 1 N–H and O–H groups in total. The van der Waals surface area contributed by atoms with Crippen LogP contribution in [0.5, 0.6) is 5.75 Å². The Kier molecular flexibility index (Phi) is 2.65. The molecule has 0 aliphatic carbocycles. The fraction of sp³-hybridized carbons (Fsp3) is 0.500. The van der Waals surface area contributed by atoms with Gasteiger partial charge in [-0.1, -0.05) is 0 Å². The van der Waals surface area contributed by atoms with Gasteiger partial charge in [-0.15, -0.1) is 0 Å². The molecule has 0 aromatic carbocycles. The van der Waals surface area contributed by atoms with Crippen molar-refractivity contribution >= 4 is 11.8 Å². The highest BCUT2D eigenvalue weighted by molar-refractivity contribution is 8.00. The lowest BCUT2D eigenvalue weighted by atomic mass is 9.98. The van der Waals surface area contributed by atoms with Gasteiger partial charge in [0.05, 0.1) is 6.61 Å². The summed E-state index contributed by atoms with van der Waals surface area (Å²) in [5.74, 6) is 2.22. The van der Waals surface area contributed by atoms with E-state index in [-0.39, 0.29) is 0 Å². The summed E-state index contributed by atoms with van der Waals surface area (Å²) in [5.41, 5.74) is 0.101. The van der Waals surface area contributed by atoms with Crippen LogP contribution in [0.4, 0.5) is 0 Å². The highest BCUT2D eigenvalue weighted by atomic mass is 32.2. The molecule has 0 saturated carbocycles. The van der Waals surface area contributed by atoms with Crippen molar-refractivity contribution in [3.8, 4) is 5.75 Å². The fourth-order valence-corrected chi connectivity index (χ4v) is 2.37. The van der Waals surface area contributed by atoms with E-state index in [4.69, 9.17) is 4.74 Å². The number of hydrogen-bond acceptors (Lipinski definition) is 4. The van der Waals surface area contributed by atoms with Crippen LogP contribution in [0.25, 0.3) is 0 Å². The van der Waals surface area contributed by atoms with Crippen LogP contribution in [0.1, 0.15) is 12.5 Å². The summed E-state index contributed by atoms with van der Waals surface area (Å²) in [6, 6.07) is 1.81. The van der Waals surface area contributed by atoms with Gasteiger partial charge >= 0.3 is 0 Å². The van der Waals surface area contributed by atoms with Crippen molar-refractivity contribution in [1.29, 1.82) is 0 Å². The first-order chi connectivity index (χ1) is 6.76. The van der Waals surface area contributed by atoms with Crippen LogP contribution in [0.2, 0.25) is 0 Å². The van der Waals surface area contributed by atoms with Gasteiger partial charge in [-0.05, 0) is 13.0 Å². The number of hydrogen-bond donors (Lipinski definition) is 1. The van der Waals surface area contributed by atoms with Crippen LogP contribution in [-0.2, 0) is 5.60 Å². The van der Waals surface area contributed by atoms with E-state index in [0.717, 1.165) is 22.8 Å². The number of nitrogens with zero attached hydrogens (tertiary/aromatic N) is 1. The van der Waals surface area contributed by atoms with Crippen molar-refractivity contribution in [3.05, 3.63) is 24.0 Å². The monoisotopic (exact) mass is 211 g/mol. The molecule has 1 aliphatic rings. The van der Waals surface area contributed by atoms with Gasteiger partial charge in [-0.3, -0.25) is 4.98 Å². The molecule has 4 heteroatoms. The van der Waals surface area contributed by atoms with Gasteiger partial charge in [-0.25, -0.2) is 0 Å². The molecule has 0 bridgehead atoms. The molecule has 2 rings (SSSR count). The average molecular weight is 211 g/mol. The Hall–Kier alpha value is -0.740. The van der Waals surface area contributed by atoms with E-state index in [1.807, 2.05) is 6.92 Å². The quantitative estimate of drug-likeness (QED) is 0.821. The molecule has 1 aliphatic heterocycles. The Morgan fingerprint density at radius 2 is 2.43 bits per heavy atom. The molecular weight excluding hydrogens is 198 g/mol. The maximum absolute atomic E-state index is 10.1. The number of ether oxygens (including phenoxy) is 1. The SMILES string of the molecule is CCOc1ccncc1C1(O)CSC1. The second kappa shape index (κ2) is 3.79. The molecule has 0 spiro atoms. The first-order valence-electron chi connectivity index (χ1n) is 4.64. The number of rotatable bonds is 3. The predicted molar refractivity (Wildman–Crippen MR) is 56.6 cm³/mol. The molecular formula is C10H13NO2S. The summed E-state index contributed by atoms with van der Waals surface area (Å²) in [4.78, 5) is 4.03. The summed E-state index contributed by atoms with van der Waals surface area (Å²) in [7, 11) is 0. The van der Waals surface area contributed by atoms with Gasteiger partial charge < -0.3 is 9.84 Å². The Morgan fingerprint density at radius 3 is 3.00 bits per heavy atom. The van der Waals surface area contributed by atoms with E-state index in [1.54, 1.807) is 30.2 Å². The fourth-order valence-electron chi connectivity index (χ4n) is 1.46. The van der Waals surface area contributed by atoms with Crippen LogP contribution in [0.3, 0.4) is 0 Å². The van der Waals surface area contributed by atoms with Gasteiger partial charge in [0.1, 0.15) is 11.4 Å². The molecule has 14 heavy (non-hydrogen) atoms. The maximum Gasteiger partial charge on any atom is 0.128 e. The van der Waals surface area contributed by atoms with Crippen LogP contribution in [-0.4, -0.2) is 28.2 Å². The van der Waals surface area contributed by atoms with Gasteiger partial charge in [0.2, 0.25) is 0 Å². The zero-order valence-electron chi connectivity index (χ0n) is 8.06. The molecule has 1 fully saturated rings. The number of pyridine rings is 1. The Bertz CT molecular complexity index is 326. The average Bonchev–Trinajstić information content (AvgIpc) is 2.16. The van der Waals surface area contributed by atoms with Crippen LogP contribution < -0.4 is 4.74 Å². The molecule has 76 valence electrons. The normalized spacial score (nSPS) is 18.7. The van der Waals surface area contributed by atoms with E-state index in [1.165, 1.54) is 0 Å². The Morgan fingerprint density at radius 1 is 1.64 bits per heavy atom. The van der Waals surface area contributed by atoms with Crippen molar-refractivity contribution in [2.45, 2.75) is 12.5 Å². The lowest BCUT2D eigenvalue weighted by Gasteiger charge is -2.36. The molecule has 0 atom stereocenters. The first kappa shape index (κ1) is 9.80. The van der Waals surface area contributed by atoms with Gasteiger partial charge in [0.25, 0.3) is 0 Å². The number of aromatic nitrogens is 1. The molecule has 1 aromatic rings. The number of aliphatic hydroxyl groups is 1. The standard InChI is InChI=1S/C10H13NO2S/c1-2-13-9-3-4-11-5-8(9)10(12)6-14-7-10/h3-5,12H,2,6-7H2,1H3. The summed E-state index contributed by atoms with van der Waals surface area (Å²) in [5, 5.41) is 10.1. The molecule has 0 amide bonds. The second-order valence-corrected chi connectivity index (χ2v) is 4.31. The lowest BCUT2D eigenvalue weighted by molar-refractivity contribution is 0.0728. The molecule has 1 saturated heterocycles. The largest absolute Gasteiger partial charge is 0.493 e. The minimum atomic E-state index is -0.719. The maximum atomic E-state index is 10.1. The minimum absolute atomic E-state index is 0.611. The Balaban J connectivity index is 2.31. The Labute approximate surface area is 87.5 Å². The van der Waals surface area contributed by atoms with E-state index in [9.17, 15) is 5.11 Å². The lowest BCUT2D eigenvalue weighted by Crippen LogP contribution is -2.40. The zero-order chi connectivity index (χ0) is 10.0. The van der Waals surface area contributed by atoms with Crippen LogP contribution in [0, 0.1) is 0 Å².